The summed E-state index contributed by atoms with van der Waals surface area (Å²) in [6.07, 6.45) is 0. The van der Waals surface area contributed by atoms with Gasteiger partial charge in [0.15, 0.2) is 0 Å². The third kappa shape index (κ3) is 3.93. The Balaban J connectivity index is 2.12. The third-order valence-corrected chi connectivity index (χ3v) is 2.81. The smallest absolute Gasteiger partial charge is 0.337 e. The Morgan fingerprint density at radius 2 is 1.71 bits per heavy atom. The molecule has 0 aliphatic carbocycles. The van der Waals surface area contributed by atoms with Crippen LogP contribution in [0, 0.1) is 5.82 Å². The molecule has 0 aliphatic rings. The number of amides is 2. The Morgan fingerprint density at radius 3 is 2.33 bits per heavy atom. The van der Waals surface area contributed by atoms with Gasteiger partial charge in [-0.1, -0.05) is 11.6 Å². The van der Waals surface area contributed by atoms with Crippen molar-refractivity contribution in [3.05, 3.63) is 58.9 Å². The molecule has 2 rings (SSSR count). The predicted octanol–water partition coefficient (Wildman–Crippen LogP) is 3.82. The molecule has 0 spiro atoms. The van der Waals surface area contributed by atoms with E-state index in [1.54, 1.807) is 24.3 Å². The first-order chi connectivity index (χ1) is 9.95. The first-order valence-electron chi connectivity index (χ1n) is 5.82. The largest absolute Gasteiger partial charge is 0.478 e. The Morgan fingerprint density at radius 1 is 1.05 bits per heavy atom. The number of carboxylic acid groups (broad SMARTS) is 1. The molecule has 0 aliphatic heterocycles. The highest BCUT2D eigenvalue weighted by atomic mass is 35.5. The van der Waals surface area contributed by atoms with Gasteiger partial charge in [-0.15, -0.1) is 0 Å². The van der Waals surface area contributed by atoms with Gasteiger partial charge in [-0.05, 0) is 42.5 Å². The number of anilines is 2. The van der Waals surface area contributed by atoms with Crippen molar-refractivity contribution in [3.8, 4) is 0 Å². The number of carboxylic acids is 1. The minimum atomic E-state index is -1.34. The number of benzene rings is 2. The molecule has 0 aromatic heterocycles. The summed E-state index contributed by atoms with van der Waals surface area (Å²) < 4.78 is 13.0. The quantitative estimate of drug-likeness (QED) is 0.806. The summed E-state index contributed by atoms with van der Waals surface area (Å²) in [5.74, 6) is -2.03. The van der Waals surface area contributed by atoms with E-state index >= 15 is 0 Å². The van der Waals surface area contributed by atoms with Crippen LogP contribution in [0.2, 0.25) is 5.02 Å². The number of urea groups is 1. The van der Waals surface area contributed by atoms with Crippen LogP contribution < -0.4 is 10.6 Å². The molecule has 0 saturated carbocycles. The van der Waals surface area contributed by atoms with E-state index in [1.807, 2.05) is 0 Å². The number of aromatic carboxylic acids is 1. The highest BCUT2D eigenvalue weighted by molar-refractivity contribution is 6.30. The molecular weight excluding hydrogens is 299 g/mol. The van der Waals surface area contributed by atoms with Gasteiger partial charge in [0.25, 0.3) is 0 Å². The topological polar surface area (TPSA) is 78.4 Å². The van der Waals surface area contributed by atoms with Crippen LogP contribution in [0.25, 0.3) is 0 Å². The first-order valence-corrected chi connectivity index (χ1v) is 6.20. The van der Waals surface area contributed by atoms with E-state index in [2.05, 4.69) is 10.6 Å². The zero-order valence-corrected chi connectivity index (χ0v) is 11.3. The van der Waals surface area contributed by atoms with Gasteiger partial charge < -0.3 is 15.7 Å². The van der Waals surface area contributed by atoms with Crippen molar-refractivity contribution < 1.29 is 19.1 Å². The van der Waals surface area contributed by atoms with E-state index in [-0.39, 0.29) is 11.3 Å². The summed E-state index contributed by atoms with van der Waals surface area (Å²) in [7, 11) is 0. The van der Waals surface area contributed by atoms with Gasteiger partial charge in [-0.3, -0.25) is 0 Å². The number of halogens is 2. The first kappa shape index (κ1) is 14.8. The molecule has 0 saturated heterocycles. The summed E-state index contributed by atoms with van der Waals surface area (Å²) in [5.41, 5.74) is 0.146. The Bertz CT molecular complexity index is 689. The molecule has 0 unspecified atom stereocenters. The van der Waals surface area contributed by atoms with Crippen LogP contribution >= 0.6 is 11.6 Å². The van der Waals surface area contributed by atoms with Crippen molar-refractivity contribution in [2.45, 2.75) is 0 Å². The number of hydrogen-bond acceptors (Lipinski definition) is 2. The highest BCUT2D eigenvalue weighted by Gasteiger charge is 2.13. The molecule has 7 heteroatoms. The molecule has 2 aromatic rings. The van der Waals surface area contributed by atoms with Crippen LogP contribution in [0.15, 0.2) is 42.5 Å². The average molecular weight is 309 g/mol. The van der Waals surface area contributed by atoms with E-state index < -0.39 is 17.8 Å². The summed E-state index contributed by atoms with van der Waals surface area (Å²) in [6, 6.07) is 8.79. The number of rotatable bonds is 3. The molecule has 0 radical (unpaired) electrons. The lowest BCUT2D eigenvalue weighted by molar-refractivity contribution is 0.0697. The zero-order chi connectivity index (χ0) is 15.4. The molecule has 5 nitrogen and oxygen atoms in total. The second-order valence-electron chi connectivity index (χ2n) is 4.08. The Labute approximate surface area is 124 Å². The number of nitrogens with one attached hydrogen (secondary N) is 2. The standard InChI is InChI=1S/C14H10ClFN2O3/c15-8-1-4-10(5-2-8)17-14(21)18-12-6-3-9(16)7-11(12)13(19)20/h1-7H,(H,19,20)(H2,17,18,21). The molecule has 0 fully saturated rings. The van der Waals surface area contributed by atoms with Crippen molar-refractivity contribution in [2.75, 3.05) is 10.6 Å². The highest BCUT2D eigenvalue weighted by Crippen LogP contribution is 2.18. The summed E-state index contributed by atoms with van der Waals surface area (Å²) in [4.78, 5) is 22.8. The second kappa shape index (κ2) is 6.23. The summed E-state index contributed by atoms with van der Waals surface area (Å²) in [6.45, 7) is 0. The molecular formula is C14H10ClFN2O3. The van der Waals surface area contributed by atoms with Crippen molar-refractivity contribution in [3.63, 3.8) is 0 Å². The minimum absolute atomic E-state index is 0.00429. The monoisotopic (exact) mass is 308 g/mol. The van der Waals surface area contributed by atoms with Crippen molar-refractivity contribution in [1.82, 2.24) is 0 Å². The molecule has 0 heterocycles. The van der Waals surface area contributed by atoms with E-state index in [4.69, 9.17) is 16.7 Å². The van der Waals surface area contributed by atoms with Gasteiger partial charge in [0.2, 0.25) is 0 Å². The van der Waals surface area contributed by atoms with Crippen molar-refractivity contribution in [1.29, 1.82) is 0 Å². The van der Waals surface area contributed by atoms with Crippen LogP contribution in [0.5, 0.6) is 0 Å². The van der Waals surface area contributed by atoms with Gasteiger partial charge in [-0.2, -0.15) is 0 Å². The van der Waals surface area contributed by atoms with E-state index in [0.717, 1.165) is 12.1 Å². The second-order valence-corrected chi connectivity index (χ2v) is 4.52. The fourth-order valence-electron chi connectivity index (χ4n) is 1.62. The molecule has 2 amide bonds. The molecule has 2 aromatic carbocycles. The van der Waals surface area contributed by atoms with Gasteiger partial charge in [-0.25, -0.2) is 14.0 Å². The number of carbonyl (C=O) groups is 2. The Hall–Kier alpha value is -2.60. The molecule has 0 bridgehead atoms. The zero-order valence-electron chi connectivity index (χ0n) is 10.6. The van der Waals surface area contributed by atoms with Crippen LogP contribution in [0.1, 0.15) is 10.4 Å². The van der Waals surface area contributed by atoms with E-state index in [0.29, 0.717) is 10.7 Å². The van der Waals surface area contributed by atoms with Gasteiger partial charge in [0.1, 0.15) is 5.82 Å². The maximum Gasteiger partial charge on any atom is 0.337 e. The third-order valence-electron chi connectivity index (χ3n) is 2.56. The Kier molecular flexibility index (Phi) is 4.39. The van der Waals surface area contributed by atoms with Crippen LogP contribution in [-0.4, -0.2) is 17.1 Å². The van der Waals surface area contributed by atoms with Crippen molar-refractivity contribution in [2.24, 2.45) is 0 Å². The molecule has 0 atom stereocenters. The fraction of sp³-hybridized carbons (Fsp3) is 0. The normalized spacial score (nSPS) is 10.0. The molecule has 3 N–H and O–H groups in total. The maximum atomic E-state index is 13.0. The SMILES string of the molecule is O=C(Nc1ccc(Cl)cc1)Nc1ccc(F)cc1C(=O)O. The van der Waals surface area contributed by atoms with E-state index in [9.17, 15) is 14.0 Å². The minimum Gasteiger partial charge on any atom is -0.478 e. The number of carbonyl (C=O) groups excluding carboxylic acids is 1. The maximum absolute atomic E-state index is 13.0. The fourth-order valence-corrected chi connectivity index (χ4v) is 1.75. The lowest BCUT2D eigenvalue weighted by Crippen LogP contribution is -2.21. The van der Waals surface area contributed by atoms with Gasteiger partial charge in [0, 0.05) is 10.7 Å². The van der Waals surface area contributed by atoms with Crippen LogP contribution in [-0.2, 0) is 0 Å². The lowest BCUT2D eigenvalue weighted by Gasteiger charge is -2.10. The predicted molar refractivity (Wildman–Crippen MR) is 77.5 cm³/mol. The van der Waals surface area contributed by atoms with Crippen LogP contribution in [0.4, 0.5) is 20.6 Å². The van der Waals surface area contributed by atoms with Crippen LogP contribution in [0.3, 0.4) is 0 Å². The summed E-state index contributed by atoms with van der Waals surface area (Å²) >= 11 is 5.72. The average Bonchev–Trinajstić information content (AvgIpc) is 2.43. The summed E-state index contributed by atoms with van der Waals surface area (Å²) in [5, 5.41) is 14.3. The molecule has 21 heavy (non-hydrogen) atoms. The lowest BCUT2D eigenvalue weighted by atomic mass is 10.2. The number of hydrogen-bond donors (Lipinski definition) is 3. The van der Waals surface area contributed by atoms with Crippen molar-refractivity contribution >= 4 is 35.0 Å². The van der Waals surface area contributed by atoms with Gasteiger partial charge >= 0.3 is 12.0 Å². The molecule has 108 valence electrons. The van der Waals surface area contributed by atoms with Gasteiger partial charge in [0.05, 0.1) is 11.3 Å². The van der Waals surface area contributed by atoms with E-state index in [1.165, 1.54) is 6.07 Å².